The monoisotopic (exact) mass is 406 g/mol. The molecule has 4 aliphatic rings. The van der Waals surface area contributed by atoms with E-state index in [0.29, 0.717) is 39.2 Å². The predicted octanol–water partition coefficient (Wildman–Crippen LogP) is 0.337. The Morgan fingerprint density at radius 2 is 1.79 bits per heavy atom. The first-order valence-electron chi connectivity index (χ1n) is 10.7. The number of carbonyl (C=O) groups is 4. The van der Waals surface area contributed by atoms with Gasteiger partial charge in [0.2, 0.25) is 5.91 Å². The molecule has 0 radical (unpaired) electrons. The van der Waals surface area contributed by atoms with Crippen molar-refractivity contribution in [1.29, 1.82) is 0 Å². The average Bonchev–Trinajstić information content (AvgIpc) is 3.34. The molecule has 9 nitrogen and oxygen atoms in total. The van der Waals surface area contributed by atoms with Crippen molar-refractivity contribution in [3.05, 3.63) is 0 Å². The molecule has 3 saturated heterocycles. The van der Waals surface area contributed by atoms with Crippen LogP contribution < -0.4 is 5.32 Å². The average molecular weight is 406 g/mol. The lowest BCUT2D eigenvalue weighted by Crippen LogP contribution is -2.55. The third kappa shape index (κ3) is 3.60. The van der Waals surface area contributed by atoms with Gasteiger partial charge in [-0.1, -0.05) is 19.8 Å². The molecule has 9 heteroatoms. The summed E-state index contributed by atoms with van der Waals surface area (Å²) in [6, 6.07) is -0.468. The molecule has 1 aliphatic carbocycles. The molecule has 29 heavy (non-hydrogen) atoms. The van der Waals surface area contributed by atoms with Gasteiger partial charge in [0.05, 0.1) is 0 Å². The molecule has 4 fully saturated rings. The third-order valence-corrected chi connectivity index (χ3v) is 6.94. The molecule has 3 aliphatic heterocycles. The van der Waals surface area contributed by atoms with Gasteiger partial charge in [0.15, 0.2) is 0 Å². The van der Waals surface area contributed by atoms with Crippen LogP contribution in [0.5, 0.6) is 0 Å². The molecule has 3 unspecified atom stereocenters. The Balaban J connectivity index is 1.32. The molecule has 1 spiro atoms. The van der Waals surface area contributed by atoms with Crippen LogP contribution in [0.3, 0.4) is 0 Å². The number of hydrogen-bond donors (Lipinski definition) is 1. The van der Waals surface area contributed by atoms with Crippen LogP contribution in [-0.4, -0.2) is 89.4 Å². The molecular formula is C20H30N4O5. The van der Waals surface area contributed by atoms with E-state index in [2.05, 4.69) is 5.32 Å². The number of nitrogens with zero attached hydrogens (tertiary/aromatic N) is 3. The van der Waals surface area contributed by atoms with Crippen molar-refractivity contribution in [2.24, 2.45) is 5.92 Å². The van der Waals surface area contributed by atoms with Crippen LogP contribution in [0.2, 0.25) is 0 Å². The van der Waals surface area contributed by atoms with E-state index in [1.54, 1.807) is 9.80 Å². The first-order chi connectivity index (χ1) is 13.9. The lowest BCUT2D eigenvalue weighted by atomic mass is 9.73. The number of hydrogen-bond acceptors (Lipinski definition) is 5. The van der Waals surface area contributed by atoms with Crippen molar-refractivity contribution in [3.63, 3.8) is 0 Å². The Morgan fingerprint density at radius 1 is 1.07 bits per heavy atom. The van der Waals surface area contributed by atoms with Crippen molar-refractivity contribution in [1.82, 2.24) is 20.0 Å². The van der Waals surface area contributed by atoms with Crippen LogP contribution in [0.15, 0.2) is 0 Å². The van der Waals surface area contributed by atoms with Crippen LogP contribution in [0, 0.1) is 5.92 Å². The number of amides is 5. The van der Waals surface area contributed by atoms with Gasteiger partial charge in [-0.25, -0.2) is 4.79 Å². The summed E-state index contributed by atoms with van der Waals surface area (Å²) in [5.74, 6) is -0.453. The van der Waals surface area contributed by atoms with E-state index in [0.717, 1.165) is 37.0 Å². The van der Waals surface area contributed by atoms with Crippen LogP contribution in [0.1, 0.15) is 45.4 Å². The standard InChI is InChI=1S/C20H30N4O5/c1-14-5-2-3-7-20(14)18(27)24(19(28)21-20)13-16(25)22-8-10-23(11-9-22)17(26)15-6-4-12-29-15/h14-15H,2-13H2,1H3,(H,21,28). The third-order valence-electron chi connectivity index (χ3n) is 6.94. The maximum Gasteiger partial charge on any atom is 0.325 e. The van der Waals surface area contributed by atoms with E-state index in [9.17, 15) is 19.2 Å². The smallest absolute Gasteiger partial charge is 0.325 e. The van der Waals surface area contributed by atoms with E-state index in [-0.39, 0.29) is 36.3 Å². The highest BCUT2D eigenvalue weighted by Crippen LogP contribution is 2.38. The largest absolute Gasteiger partial charge is 0.368 e. The van der Waals surface area contributed by atoms with E-state index >= 15 is 0 Å². The summed E-state index contributed by atoms with van der Waals surface area (Å²) in [7, 11) is 0. The van der Waals surface area contributed by atoms with Crippen LogP contribution in [-0.2, 0) is 19.1 Å². The summed E-state index contributed by atoms with van der Waals surface area (Å²) in [5.41, 5.74) is -0.845. The summed E-state index contributed by atoms with van der Waals surface area (Å²) in [4.78, 5) is 55.1. The second-order valence-corrected chi connectivity index (χ2v) is 8.65. The summed E-state index contributed by atoms with van der Waals surface area (Å²) in [6.45, 7) is 4.09. The molecule has 0 aromatic rings. The number of piperazine rings is 1. The minimum Gasteiger partial charge on any atom is -0.368 e. The summed E-state index contributed by atoms with van der Waals surface area (Å²) < 4.78 is 5.46. The number of ether oxygens (including phenoxy) is 1. The molecule has 0 aromatic heterocycles. The molecule has 1 N–H and O–H groups in total. The molecule has 5 amide bonds. The second kappa shape index (κ2) is 7.93. The number of rotatable bonds is 3. The highest BCUT2D eigenvalue weighted by Gasteiger charge is 2.55. The van der Waals surface area contributed by atoms with Gasteiger partial charge < -0.3 is 19.9 Å². The second-order valence-electron chi connectivity index (χ2n) is 8.65. The summed E-state index contributed by atoms with van der Waals surface area (Å²) >= 11 is 0. The van der Waals surface area contributed by atoms with Crippen molar-refractivity contribution >= 4 is 23.8 Å². The molecule has 3 heterocycles. The Kier molecular flexibility index (Phi) is 5.50. The minimum absolute atomic E-state index is 0.00285. The van der Waals surface area contributed by atoms with Crippen molar-refractivity contribution in [2.45, 2.75) is 57.1 Å². The SMILES string of the molecule is CC1CCCCC12NC(=O)N(CC(=O)N1CCN(C(=O)C3CCCO3)CC1)C2=O. The lowest BCUT2D eigenvalue weighted by Gasteiger charge is -2.37. The Labute approximate surface area is 170 Å². The first-order valence-corrected chi connectivity index (χ1v) is 10.7. The van der Waals surface area contributed by atoms with Crippen LogP contribution >= 0.6 is 0 Å². The van der Waals surface area contributed by atoms with E-state index in [4.69, 9.17) is 4.74 Å². The van der Waals surface area contributed by atoms with Crippen molar-refractivity contribution in [2.75, 3.05) is 39.3 Å². The molecule has 0 aromatic carbocycles. The fourth-order valence-electron chi connectivity index (χ4n) is 5.03. The van der Waals surface area contributed by atoms with Gasteiger partial charge >= 0.3 is 6.03 Å². The maximum atomic E-state index is 13.0. The molecular weight excluding hydrogens is 376 g/mol. The molecule has 160 valence electrons. The quantitative estimate of drug-likeness (QED) is 0.682. The van der Waals surface area contributed by atoms with Gasteiger partial charge in [-0.05, 0) is 31.6 Å². The van der Waals surface area contributed by atoms with Gasteiger partial charge in [-0.15, -0.1) is 0 Å². The Bertz CT molecular complexity index is 699. The molecule has 4 rings (SSSR count). The predicted molar refractivity (Wildman–Crippen MR) is 103 cm³/mol. The molecule has 0 bridgehead atoms. The van der Waals surface area contributed by atoms with E-state index < -0.39 is 11.6 Å². The van der Waals surface area contributed by atoms with Crippen molar-refractivity contribution in [3.8, 4) is 0 Å². The number of carbonyl (C=O) groups excluding carboxylic acids is 4. The minimum atomic E-state index is -0.845. The van der Waals surface area contributed by atoms with Gasteiger partial charge in [-0.2, -0.15) is 0 Å². The number of imide groups is 1. The first kappa shape index (κ1) is 20.1. The topological polar surface area (TPSA) is 99.3 Å². The fraction of sp³-hybridized carbons (Fsp3) is 0.800. The lowest BCUT2D eigenvalue weighted by molar-refractivity contribution is -0.147. The van der Waals surface area contributed by atoms with Crippen LogP contribution in [0.4, 0.5) is 4.79 Å². The summed E-state index contributed by atoms with van der Waals surface area (Å²) in [6.07, 6.45) is 4.79. The van der Waals surface area contributed by atoms with Gasteiger partial charge in [-0.3, -0.25) is 19.3 Å². The summed E-state index contributed by atoms with van der Waals surface area (Å²) in [5, 5.41) is 2.88. The fourth-order valence-corrected chi connectivity index (χ4v) is 5.03. The van der Waals surface area contributed by atoms with Gasteiger partial charge in [0, 0.05) is 32.8 Å². The zero-order valence-electron chi connectivity index (χ0n) is 17.0. The van der Waals surface area contributed by atoms with E-state index in [1.165, 1.54) is 0 Å². The molecule has 3 atom stereocenters. The Hall–Kier alpha value is -2.16. The highest BCUT2D eigenvalue weighted by molar-refractivity contribution is 6.09. The van der Waals surface area contributed by atoms with Crippen LogP contribution in [0.25, 0.3) is 0 Å². The maximum absolute atomic E-state index is 13.0. The normalized spacial score (nSPS) is 32.8. The highest BCUT2D eigenvalue weighted by atomic mass is 16.5. The van der Waals surface area contributed by atoms with E-state index in [1.807, 2.05) is 6.92 Å². The molecule has 1 saturated carbocycles. The van der Waals surface area contributed by atoms with Gasteiger partial charge in [0.1, 0.15) is 18.2 Å². The van der Waals surface area contributed by atoms with Crippen molar-refractivity contribution < 1.29 is 23.9 Å². The Morgan fingerprint density at radius 3 is 2.45 bits per heavy atom. The van der Waals surface area contributed by atoms with Gasteiger partial charge in [0.25, 0.3) is 11.8 Å². The number of urea groups is 1. The number of nitrogens with one attached hydrogen (secondary N) is 1. The zero-order chi connectivity index (χ0) is 20.6. The zero-order valence-corrected chi connectivity index (χ0v) is 17.0.